The lowest BCUT2D eigenvalue weighted by Gasteiger charge is -2.15. The largest absolute Gasteiger partial charge is 0.382 e. The molecule has 0 aliphatic carbocycles. The molecule has 0 heterocycles. The van der Waals surface area contributed by atoms with E-state index in [1.54, 1.807) is 14.2 Å². The van der Waals surface area contributed by atoms with Gasteiger partial charge in [-0.05, 0) is 19.9 Å². The lowest BCUT2D eigenvalue weighted by Crippen LogP contribution is -2.36. The van der Waals surface area contributed by atoms with Gasteiger partial charge in [-0.2, -0.15) is 0 Å². The summed E-state index contributed by atoms with van der Waals surface area (Å²) in [5.74, 6) is 0. The van der Waals surface area contributed by atoms with Crippen LogP contribution in [-0.4, -0.2) is 66.3 Å². The maximum absolute atomic E-state index is 5.25. The van der Waals surface area contributed by atoms with Crippen LogP contribution < -0.4 is 10.6 Å². The van der Waals surface area contributed by atoms with Crippen molar-refractivity contribution >= 4 is 0 Å². The summed E-state index contributed by atoms with van der Waals surface area (Å²) in [6.07, 6.45) is 1.20. The minimum atomic E-state index is 0.137. The van der Waals surface area contributed by atoms with Crippen molar-refractivity contribution in [3.05, 3.63) is 0 Å². The predicted octanol–water partition coefficient (Wildman–Crippen LogP) is 0.254. The maximum Gasteiger partial charge on any atom is 0.0928 e. The normalized spacial score (nSPS) is 12.9. The molecular formula is C12H28N2O3. The Morgan fingerprint density at radius 2 is 1.82 bits per heavy atom. The third kappa shape index (κ3) is 12.1. The lowest BCUT2D eigenvalue weighted by atomic mass is 10.3. The monoisotopic (exact) mass is 248 g/mol. The number of hydrogen-bond acceptors (Lipinski definition) is 5. The quantitative estimate of drug-likeness (QED) is 0.458. The van der Waals surface area contributed by atoms with E-state index in [4.69, 9.17) is 14.2 Å². The fourth-order valence-corrected chi connectivity index (χ4v) is 1.40. The highest BCUT2D eigenvalue weighted by Gasteiger charge is 2.04. The van der Waals surface area contributed by atoms with Crippen LogP contribution in [0.2, 0.25) is 0 Å². The van der Waals surface area contributed by atoms with E-state index in [9.17, 15) is 0 Å². The van der Waals surface area contributed by atoms with E-state index in [1.165, 1.54) is 0 Å². The van der Waals surface area contributed by atoms with Gasteiger partial charge in [-0.15, -0.1) is 0 Å². The molecule has 1 unspecified atom stereocenters. The second kappa shape index (κ2) is 13.9. The van der Waals surface area contributed by atoms with Crippen LogP contribution in [0, 0.1) is 0 Å². The Hall–Kier alpha value is -0.200. The fraction of sp³-hybridized carbons (Fsp3) is 1.00. The molecule has 0 rings (SSSR count). The van der Waals surface area contributed by atoms with Gasteiger partial charge < -0.3 is 24.8 Å². The smallest absolute Gasteiger partial charge is 0.0928 e. The molecule has 0 spiro atoms. The average Bonchev–Trinajstić information content (AvgIpc) is 2.35. The third-order valence-corrected chi connectivity index (χ3v) is 2.38. The topological polar surface area (TPSA) is 51.8 Å². The van der Waals surface area contributed by atoms with Crippen LogP contribution >= 0.6 is 0 Å². The summed E-state index contributed by atoms with van der Waals surface area (Å²) < 4.78 is 15.5. The fourth-order valence-electron chi connectivity index (χ4n) is 1.40. The van der Waals surface area contributed by atoms with Crippen LogP contribution in [0.5, 0.6) is 0 Å². The number of hydrogen-bond donors (Lipinski definition) is 2. The number of ether oxygens (including phenoxy) is 3. The molecule has 0 saturated carbocycles. The van der Waals surface area contributed by atoms with Gasteiger partial charge in [-0.1, -0.05) is 0 Å². The van der Waals surface area contributed by atoms with E-state index in [2.05, 4.69) is 10.6 Å². The van der Waals surface area contributed by atoms with Crippen molar-refractivity contribution in [3.8, 4) is 0 Å². The number of nitrogens with one attached hydrogen (secondary N) is 2. The van der Waals surface area contributed by atoms with E-state index < -0.39 is 0 Å². The SMILES string of the molecule is CCOCCCNCCNCC(COC)OC. The van der Waals surface area contributed by atoms with Gasteiger partial charge in [0.2, 0.25) is 0 Å². The summed E-state index contributed by atoms with van der Waals surface area (Å²) in [6, 6.07) is 0. The number of methoxy groups -OCH3 is 2. The van der Waals surface area contributed by atoms with Gasteiger partial charge in [-0.25, -0.2) is 0 Å². The Balaban J connectivity index is 3.11. The Kier molecular flexibility index (Phi) is 13.7. The molecule has 5 nitrogen and oxygen atoms in total. The molecule has 0 aromatic heterocycles. The molecule has 0 radical (unpaired) electrons. The van der Waals surface area contributed by atoms with Crippen molar-refractivity contribution in [1.82, 2.24) is 10.6 Å². The minimum absolute atomic E-state index is 0.137. The Labute approximate surface area is 105 Å². The van der Waals surface area contributed by atoms with Crippen molar-refractivity contribution in [2.24, 2.45) is 0 Å². The third-order valence-electron chi connectivity index (χ3n) is 2.38. The summed E-state index contributed by atoms with van der Waals surface area (Å²) in [5, 5.41) is 6.68. The molecule has 0 aliphatic rings. The molecule has 104 valence electrons. The van der Waals surface area contributed by atoms with E-state index in [-0.39, 0.29) is 6.10 Å². The van der Waals surface area contributed by atoms with E-state index in [1.807, 2.05) is 6.92 Å². The summed E-state index contributed by atoms with van der Waals surface area (Å²) in [7, 11) is 3.39. The lowest BCUT2D eigenvalue weighted by molar-refractivity contribution is 0.0291. The van der Waals surface area contributed by atoms with Crippen molar-refractivity contribution in [3.63, 3.8) is 0 Å². The molecule has 0 amide bonds. The van der Waals surface area contributed by atoms with Crippen molar-refractivity contribution in [2.45, 2.75) is 19.4 Å². The van der Waals surface area contributed by atoms with E-state index in [0.717, 1.165) is 45.8 Å². The van der Waals surface area contributed by atoms with Crippen LogP contribution in [0.15, 0.2) is 0 Å². The van der Waals surface area contributed by atoms with Crippen molar-refractivity contribution < 1.29 is 14.2 Å². The van der Waals surface area contributed by atoms with Gasteiger partial charge >= 0.3 is 0 Å². The van der Waals surface area contributed by atoms with Crippen LogP contribution in [-0.2, 0) is 14.2 Å². The van der Waals surface area contributed by atoms with Crippen LogP contribution in [0.1, 0.15) is 13.3 Å². The van der Waals surface area contributed by atoms with Crippen LogP contribution in [0.3, 0.4) is 0 Å². The molecule has 17 heavy (non-hydrogen) atoms. The van der Waals surface area contributed by atoms with Gasteiger partial charge in [0.05, 0.1) is 12.7 Å². The molecule has 2 N–H and O–H groups in total. The van der Waals surface area contributed by atoms with E-state index >= 15 is 0 Å². The molecule has 0 bridgehead atoms. The predicted molar refractivity (Wildman–Crippen MR) is 69.5 cm³/mol. The molecule has 5 heteroatoms. The minimum Gasteiger partial charge on any atom is -0.382 e. The Morgan fingerprint density at radius 1 is 1.06 bits per heavy atom. The first kappa shape index (κ1) is 16.8. The molecule has 0 aromatic carbocycles. The van der Waals surface area contributed by atoms with Gasteiger partial charge in [-0.3, -0.25) is 0 Å². The highest BCUT2D eigenvalue weighted by Crippen LogP contribution is 1.87. The van der Waals surface area contributed by atoms with Crippen LogP contribution in [0.4, 0.5) is 0 Å². The van der Waals surface area contributed by atoms with Gasteiger partial charge in [0.25, 0.3) is 0 Å². The zero-order chi connectivity index (χ0) is 12.8. The molecule has 0 aliphatic heterocycles. The highest BCUT2D eigenvalue weighted by atomic mass is 16.5. The van der Waals surface area contributed by atoms with Crippen molar-refractivity contribution in [1.29, 1.82) is 0 Å². The Bertz CT molecular complexity index is 148. The molecular weight excluding hydrogens is 220 g/mol. The summed E-state index contributed by atoms with van der Waals surface area (Å²) >= 11 is 0. The molecule has 1 atom stereocenters. The van der Waals surface area contributed by atoms with E-state index in [0.29, 0.717) is 6.61 Å². The second-order valence-electron chi connectivity index (χ2n) is 3.82. The molecule has 0 fully saturated rings. The zero-order valence-corrected chi connectivity index (χ0v) is 11.5. The first-order valence-electron chi connectivity index (χ1n) is 6.36. The van der Waals surface area contributed by atoms with Gasteiger partial charge in [0.15, 0.2) is 0 Å². The standard InChI is InChI=1S/C12H28N2O3/c1-4-17-9-5-6-13-7-8-14-10-12(16-3)11-15-2/h12-14H,4-11H2,1-3H3. The molecule has 0 aromatic rings. The average molecular weight is 248 g/mol. The molecule has 0 saturated heterocycles. The summed E-state index contributed by atoms with van der Waals surface area (Å²) in [5.41, 5.74) is 0. The van der Waals surface area contributed by atoms with Crippen molar-refractivity contribution in [2.75, 3.05) is 60.2 Å². The summed E-state index contributed by atoms with van der Waals surface area (Å²) in [6.45, 7) is 8.04. The van der Waals surface area contributed by atoms with Gasteiger partial charge in [0, 0.05) is 47.1 Å². The zero-order valence-electron chi connectivity index (χ0n) is 11.5. The Morgan fingerprint density at radius 3 is 2.47 bits per heavy atom. The first-order valence-corrected chi connectivity index (χ1v) is 6.36. The second-order valence-corrected chi connectivity index (χ2v) is 3.82. The maximum atomic E-state index is 5.25. The first-order chi connectivity index (χ1) is 8.35. The highest BCUT2D eigenvalue weighted by molar-refractivity contribution is 4.61. The number of rotatable bonds is 13. The summed E-state index contributed by atoms with van der Waals surface area (Å²) in [4.78, 5) is 0. The van der Waals surface area contributed by atoms with Crippen LogP contribution in [0.25, 0.3) is 0 Å². The van der Waals surface area contributed by atoms with Gasteiger partial charge in [0.1, 0.15) is 0 Å².